The van der Waals surface area contributed by atoms with Crippen molar-refractivity contribution in [1.29, 1.82) is 0 Å². The number of aliphatic hydroxyl groups excluding tert-OH is 1. The molecule has 0 aliphatic rings. The number of phosphoric acid groups is 2. The Labute approximate surface area is 600 Å². The smallest absolute Gasteiger partial charge is 0.462 e. The SMILES string of the molecule is CCCCCCCCCCCCCCC(=O)OC[C@H](COP(=O)(O)OC[C@H](O)COP(=O)(O)OC[C@@H](COC(=O)CCCCCCCCCCC(C)CC)OC(=O)CCCCCCCCCCCCCCCCCCCCC(C)CC)OC(=O)CCCCCCCCCCCCCC. The zero-order valence-corrected chi connectivity index (χ0v) is 65.9. The molecule has 3 N–H and O–H groups in total. The fraction of sp³-hybridized carbons (Fsp3) is 0.949. The van der Waals surface area contributed by atoms with Gasteiger partial charge in [0.1, 0.15) is 19.3 Å². The van der Waals surface area contributed by atoms with Gasteiger partial charge in [-0.25, -0.2) is 9.13 Å². The first-order valence-corrected chi connectivity index (χ1v) is 44.1. The number of phosphoric ester groups is 2. The summed E-state index contributed by atoms with van der Waals surface area (Å²) in [6.07, 6.45) is 59.5. The van der Waals surface area contributed by atoms with Crippen molar-refractivity contribution in [3.63, 3.8) is 0 Å². The lowest BCUT2D eigenvalue weighted by atomic mass is 9.99. The van der Waals surface area contributed by atoms with Crippen molar-refractivity contribution in [1.82, 2.24) is 0 Å². The lowest BCUT2D eigenvalue weighted by Gasteiger charge is -2.21. The highest BCUT2D eigenvalue weighted by atomic mass is 31.2. The molecule has 17 nitrogen and oxygen atoms in total. The summed E-state index contributed by atoms with van der Waals surface area (Å²) >= 11 is 0. The Bertz CT molecular complexity index is 1890. The molecule has 0 spiro atoms. The zero-order valence-electron chi connectivity index (χ0n) is 64.1. The van der Waals surface area contributed by atoms with Crippen LogP contribution in [0.4, 0.5) is 0 Å². The maximum absolute atomic E-state index is 13.1. The minimum atomic E-state index is -4.96. The molecule has 7 atom stereocenters. The molecule has 0 aliphatic heterocycles. The Balaban J connectivity index is 5.20. The van der Waals surface area contributed by atoms with E-state index < -0.39 is 97.5 Å². The first kappa shape index (κ1) is 96.1. The van der Waals surface area contributed by atoms with Crippen LogP contribution < -0.4 is 0 Å². The van der Waals surface area contributed by atoms with Crippen LogP contribution in [-0.2, 0) is 65.4 Å². The molecule has 0 fully saturated rings. The number of ether oxygens (including phenoxy) is 4. The fourth-order valence-corrected chi connectivity index (χ4v) is 13.7. The molecule has 0 rings (SSSR count). The van der Waals surface area contributed by atoms with Gasteiger partial charge in [-0.1, -0.05) is 363 Å². The van der Waals surface area contributed by atoms with Crippen molar-refractivity contribution in [3.8, 4) is 0 Å². The lowest BCUT2D eigenvalue weighted by molar-refractivity contribution is -0.161. The molecule has 0 aromatic rings. The van der Waals surface area contributed by atoms with Gasteiger partial charge >= 0.3 is 39.5 Å². The summed E-state index contributed by atoms with van der Waals surface area (Å²) in [4.78, 5) is 72.9. The first-order chi connectivity index (χ1) is 47.4. The average Bonchev–Trinajstić information content (AvgIpc) is 2.02. The third-order valence-electron chi connectivity index (χ3n) is 19.2. The van der Waals surface area contributed by atoms with Gasteiger partial charge < -0.3 is 33.8 Å². The van der Waals surface area contributed by atoms with E-state index in [0.717, 1.165) is 102 Å². The van der Waals surface area contributed by atoms with Crippen LogP contribution in [0, 0.1) is 11.8 Å². The Morgan fingerprint density at radius 2 is 0.490 bits per heavy atom. The molecule has 0 heterocycles. The van der Waals surface area contributed by atoms with E-state index in [-0.39, 0.29) is 25.7 Å². The minimum Gasteiger partial charge on any atom is -0.462 e. The van der Waals surface area contributed by atoms with Gasteiger partial charge in [-0.3, -0.25) is 37.3 Å². The van der Waals surface area contributed by atoms with Crippen molar-refractivity contribution in [3.05, 3.63) is 0 Å². The fourth-order valence-electron chi connectivity index (χ4n) is 12.1. The van der Waals surface area contributed by atoms with Gasteiger partial charge in [-0.2, -0.15) is 0 Å². The highest BCUT2D eigenvalue weighted by Crippen LogP contribution is 2.45. The highest BCUT2D eigenvalue weighted by Gasteiger charge is 2.30. The number of carbonyl (C=O) groups is 4. The van der Waals surface area contributed by atoms with Crippen LogP contribution in [0.25, 0.3) is 0 Å². The maximum atomic E-state index is 13.1. The van der Waals surface area contributed by atoms with Gasteiger partial charge in [0.05, 0.1) is 26.4 Å². The van der Waals surface area contributed by atoms with Crippen LogP contribution in [0.5, 0.6) is 0 Å². The first-order valence-electron chi connectivity index (χ1n) is 41.1. The molecule has 0 aromatic carbocycles. The molecule has 0 amide bonds. The lowest BCUT2D eigenvalue weighted by Crippen LogP contribution is -2.30. The number of hydrogen-bond donors (Lipinski definition) is 3. The van der Waals surface area contributed by atoms with Crippen LogP contribution in [0.2, 0.25) is 0 Å². The number of unbranched alkanes of at least 4 members (excludes halogenated alkanes) is 46. The summed E-state index contributed by atoms with van der Waals surface area (Å²) in [6.45, 7) is 9.69. The Hall–Kier alpha value is -1.94. The van der Waals surface area contributed by atoms with Gasteiger partial charge in [0, 0.05) is 25.7 Å². The summed E-state index contributed by atoms with van der Waals surface area (Å²) in [7, 11) is -9.91. The molecule has 0 saturated heterocycles. The van der Waals surface area contributed by atoms with Gasteiger partial charge in [-0.15, -0.1) is 0 Å². The van der Waals surface area contributed by atoms with E-state index in [1.54, 1.807) is 0 Å². The quantitative estimate of drug-likeness (QED) is 0.0222. The molecule has 19 heteroatoms. The number of rotatable bonds is 78. The van der Waals surface area contributed by atoms with Crippen molar-refractivity contribution >= 4 is 39.5 Å². The number of hydrogen-bond acceptors (Lipinski definition) is 15. The topological polar surface area (TPSA) is 237 Å². The van der Waals surface area contributed by atoms with Crippen molar-refractivity contribution < 1.29 is 80.2 Å². The van der Waals surface area contributed by atoms with E-state index in [1.165, 1.54) is 231 Å². The highest BCUT2D eigenvalue weighted by molar-refractivity contribution is 7.47. The molecule has 582 valence electrons. The monoisotopic (exact) mass is 1440 g/mol. The van der Waals surface area contributed by atoms with E-state index in [2.05, 4.69) is 41.5 Å². The van der Waals surface area contributed by atoms with E-state index in [4.69, 9.17) is 37.0 Å². The summed E-state index contributed by atoms with van der Waals surface area (Å²) < 4.78 is 68.6. The Kier molecular flexibility index (Phi) is 69.3. The molecule has 0 bridgehead atoms. The van der Waals surface area contributed by atoms with E-state index in [9.17, 15) is 43.2 Å². The molecular weight excluding hydrogens is 1280 g/mol. The van der Waals surface area contributed by atoms with E-state index >= 15 is 0 Å². The van der Waals surface area contributed by atoms with E-state index in [1.807, 2.05) is 0 Å². The number of carbonyl (C=O) groups excluding carboxylic acids is 4. The van der Waals surface area contributed by atoms with Crippen LogP contribution in [0.1, 0.15) is 414 Å². The second kappa shape index (κ2) is 70.7. The van der Waals surface area contributed by atoms with Gasteiger partial charge in [-0.05, 0) is 37.5 Å². The van der Waals surface area contributed by atoms with Crippen LogP contribution in [0.15, 0.2) is 0 Å². The van der Waals surface area contributed by atoms with Crippen LogP contribution in [-0.4, -0.2) is 96.7 Å². The van der Waals surface area contributed by atoms with Crippen molar-refractivity contribution in [2.75, 3.05) is 39.6 Å². The van der Waals surface area contributed by atoms with Crippen LogP contribution in [0.3, 0.4) is 0 Å². The summed E-state index contributed by atoms with van der Waals surface area (Å²) in [5.41, 5.74) is 0. The second-order valence-electron chi connectivity index (χ2n) is 28.9. The number of aliphatic hydroxyl groups is 1. The van der Waals surface area contributed by atoms with Gasteiger partial charge in [0.2, 0.25) is 0 Å². The normalized spacial score (nSPS) is 14.5. The minimum absolute atomic E-state index is 0.108. The molecule has 0 saturated carbocycles. The zero-order chi connectivity index (χ0) is 72.1. The Morgan fingerprint density at radius 3 is 0.724 bits per heavy atom. The third-order valence-corrected chi connectivity index (χ3v) is 21.1. The van der Waals surface area contributed by atoms with Crippen molar-refractivity contribution in [2.45, 2.75) is 432 Å². The summed E-state index contributed by atoms with van der Waals surface area (Å²) in [6, 6.07) is 0. The Morgan fingerprint density at radius 1 is 0.286 bits per heavy atom. The second-order valence-corrected chi connectivity index (χ2v) is 31.8. The maximum Gasteiger partial charge on any atom is 0.472 e. The average molecular weight is 1440 g/mol. The van der Waals surface area contributed by atoms with Crippen LogP contribution >= 0.6 is 15.6 Å². The van der Waals surface area contributed by atoms with Crippen molar-refractivity contribution in [2.24, 2.45) is 11.8 Å². The standard InChI is InChI=1S/C79H154O17P2/c1-7-11-13-15-17-19-21-32-36-43-49-55-61-76(81)89-67-74(95-78(83)63-57-51-45-37-33-22-20-18-16-14-12-8-2)69-93-97(85,86)91-65-73(80)66-92-98(87,88)94-70-75(68-90-77(82)62-56-50-44-40-39-42-48-54-60-72(6)10-4)96-79(84)64-58-52-46-38-34-30-28-26-24-23-25-27-29-31-35-41-47-53-59-71(5)9-3/h71-75,80H,7-70H2,1-6H3,(H,85,86)(H,87,88)/t71?,72?,73-,74+,75+/m0/s1. The van der Waals surface area contributed by atoms with Gasteiger partial charge in [0.25, 0.3) is 0 Å². The molecule has 4 unspecified atom stereocenters. The third kappa shape index (κ3) is 69.8. The molecule has 0 radical (unpaired) electrons. The molecule has 98 heavy (non-hydrogen) atoms. The molecule has 0 aromatic heterocycles. The predicted molar refractivity (Wildman–Crippen MR) is 400 cm³/mol. The van der Waals surface area contributed by atoms with Gasteiger partial charge in [0.15, 0.2) is 12.2 Å². The number of esters is 4. The predicted octanol–water partition coefficient (Wildman–Crippen LogP) is 23.5. The van der Waals surface area contributed by atoms with E-state index in [0.29, 0.717) is 25.7 Å². The summed E-state index contributed by atoms with van der Waals surface area (Å²) in [5.74, 6) is -0.462. The molecular formula is C79H154O17P2. The molecule has 0 aliphatic carbocycles. The summed E-state index contributed by atoms with van der Waals surface area (Å²) in [5, 5.41) is 10.6. The largest absolute Gasteiger partial charge is 0.472 e.